The van der Waals surface area contributed by atoms with Gasteiger partial charge in [0.05, 0.1) is 31.5 Å². The molecule has 0 N–H and O–H groups in total. The minimum atomic E-state index is -4.34. The Bertz CT molecular complexity index is 814. The zero-order valence-corrected chi connectivity index (χ0v) is 15.1. The summed E-state index contributed by atoms with van der Waals surface area (Å²) >= 11 is 0. The van der Waals surface area contributed by atoms with Crippen molar-refractivity contribution in [2.24, 2.45) is 0 Å². The van der Waals surface area contributed by atoms with E-state index in [-0.39, 0.29) is 19.0 Å². The highest BCUT2D eigenvalue weighted by Crippen LogP contribution is 2.38. The number of benzene rings is 1. The molecule has 8 heteroatoms. The van der Waals surface area contributed by atoms with Gasteiger partial charge in [-0.3, -0.25) is 0 Å². The fourth-order valence-electron chi connectivity index (χ4n) is 3.28. The van der Waals surface area contributed by atoms with Crippen LogP contribution in [0.3, 0.4) is 0 Å². The van der Waals surface area contributed by atoms with E-state index < -0.39 is 12.6 Å². The van der Waals surface area contributed by atoms with Crippen molar-refractivity contribution in [1.82, 2.24) is 9.97 Å². The number of nitrogens with zero attached hydrogens (tertiary/aromatic N) is 3. The van der Waals surface area contributed by atoms with E-state index in [2.05, 4.69) is 9.97 Å². The molecule has 2 aromatic rings. The minimum absolute atomic E-state index is 0.0338. The van der Waals surface area contributed by atoms with Gasteiger partial charge in [0.1, 0.15) is 24.1 Å². The second-order valence-electron chi connectivity index (χ2n) is 6.33. The van der Waals surface area contributed by atoms with Crippen molar-refractivity contribution >= 4 is 11.5 Å². The van der Waals surface area contributed by atoms with Crippen molar-refractivity contribution < 1.29 is 22.6 Å². The summed E-state index contributed by atoms with van der Waals surface area (Å²) < 4.78 is 49.7. The lowest BCUT2D eigenvalue weighted by molar-refractivity contribution is -0.128. The molecule has 1 aromatic carbocycles. The van der Waals surface area contributed by atoms with Crippen LogP contribution in [0.5, 0.6) is 5.75 Å². The third kappa shape index (κ3) is 3.60. The van der Waals surface area contributed by atoms with Gasteiger partial charge < -0.3 is 14.4 Å². The third-order valence-corrected chi connectivity index (χ3v) is 4.24. The molecule has 0 aliphatic carbocycles. The number of rotatable bonds is 3. The highest BCUT2D eigenvalue weighted by Gasteiger charge is 2.33. The van der Waals surface area contributed by atoms with E-state index in [4.69, 9.17) is 9.47 Å². The summed E-state index contributed by atoms with van der Waals surface area (Å²) in [4.78, 5) is 10.2. The maximum absolute atomic E-state index is 12.9. The van der Waals surface area contributed by atoms with Crippen LogP contribution < -0.4 is 9.64 Å². The van der Waals surface area contributed by atoms with E-state index in [0.717, 1.165) is 22.6 Å². The van der Waals surface area contributed by atoms with Gasteiger partial charge in [-0.1, -0.05) is 0 Å². The summed E-state index contributed by atoms with van der Waals surface area (Å²) in [5.74, 6) is 1.50. The largest absolute Gasteiger partial charge is 0.497 e. The van der Waals surface area contributed by atoms with Crippen LogP contribution in [-0.4, -0.2) is 30.0 Å². The molecule has 0 radical (unpaired) electrons. The van der Waals surface area contributed by atoms with Crippen LogP contribution in [0.2, 0.25) is 0 Å². The van der Waals surface area contributed by atoms with Crippen LogP contribution in [0.4, 0.5) is 24.7 Å². The second kappa shape index (κ2) is 6.75. The minimum Gasteiger partial charge on any atom is -0.497 e. The van der Waals surface area contributed by atoms with E-state index in [1.165, 1.54) is 0 Å². The van der Waals surface area contributed by atoms with E-state index in [1.807, 2.05) is 26.0 Å². The van der Waals surface area contributed by atoms with Gasteiger partial charge in [-0.05, 0) is 44.0 Å². The summed E-state index contributed by atoms with van der Waals surface area (Å²) in [6.45, 7) is 5.71. The lowest BCUT2D eigenvalue weighted by atomic mass is 10.0. The Morgan fingerprint density at radius 1 is 1.15 bits per heavy atom. The SMILES string of the molecule is COc1cc(C)c(N2COCc3c(CC(F)(F)F)nc(C)nc32)c(C)c1. The van der Waals surface area contributed by atoms with Crippen LogP contribution in [0.25, 0.3) is 0 Å². The molecule has 0 spiro atoms. The summed E-state index contributed by atoms with van der Waals surface area (Å²) in [5, 5.41) is 0. The van der Waals surface area contributed by atoms with Crippen molar-refractivity contribution in [1.29, 1.82) is 0 Å². The molecule has 0 amide bonds. The van der Waals surface area contributed by atoms with Gasteiger partial charge in [-0.2, -0.15) is 13.2 Å². The first-order valence-electron chi connectivity index (χ1n) is 8.13. The number of ether oxygens (including phenoxy) is 2. The Hall–Kier alpha value is -2.35. The first-order chi connectivity index (χ1) is 12.2. The molecule has 1 aliphatic heterocycles. The highest BCUT2D eigenvalue weighted by molar-refractivity contribution is 5.71. The number of anilines is 2. The smallest absolute Gasteiger partial charge is 0.394 e. The molecule has 0 saturated carbocycles. The Morgan fingerprint density at radius 2 is 1.81 bits per heavy atom. The first kappa shape index (κ1) is 18.4. The molecule has 1 aliphatic rings. The topological polar surface area (TPSA) is 47.5 Å². The van der Waals surface area contributed by atoms with Crippen LogP contribution in [0.1, 0.15) is 28.2 Å². The zero-order valence-electron chi connectivity index (χ0n) is 15.1. The molecule has 0 unspecified atom stereocenters. The zero-order chi connectivity index (χ0) is 19.1. The number of hydrogen-bond donors (Lipinski definition) is 0. The number of aryl methyl sites for hydroxylation is 3. The van der Waals surface area contributed by atoms with E-state index in [1.54, 1.807) is 18.9 Å². The highest BCUT2D eigenvalue weighted by atomic mass is 19.4. The van der Waals surface area contributed by atoms with Crippen molar-refractivity contribution in [3.05, 3.63) is 40.3 Å². The summed E-state index contributed by atoms with van der Waals surface area (Å²) in [7, 11) is 1.59. The average Bonchev–Trinajstić information content (AvgIpc) is 2.53. The molecule has 0 fully saturated rings. The number of aromatic nitrogens is 2. The lowest BCUT2D eigenvalue weighted by Gasteiger charge is -2.33. The molecule has 26 heavy (non-hydrogen) atoms. The maximum Gasteiger partial charge on any atom is 0.394 e. The van der Waals surface area contributed by atoms with E-state index in [9.17, 15) is 13.2 Å². The van der Waals surface area contributed by atoms with Gasteiger partial charge in [0, 0.05) is 5.56 Å². The van der Waals surface area contributed by atoms with Crippen LogP contribution >= 0.6 is 0 Å². The molecular weight excluding hydrogens is 347 g/mol. The van der Waals surface area contributed by atoms with E-state index in [0.29, 0.717) is 17.2 Å². The molecular formula is C18H20F3N3O2. The molecule has 5 nitrogen and oxygen atoms in total. The van der Waals surface area contributed by atoms with Crippen molar-refractivity contribution in [3.63, 3.8) is 0 Å². The molecule has 2 heterocycles. The Labute approximate surface area is 149 Å². The van der Waals surface area contributed by atoms with Crippen molar-refractivity contribution in [2.45, 2.75) is 40.0 Å². The number of alkyl halides is 3. The van der Waals surface area contributed by atoms with Gasteiger partial charge in [-0.25, -0.2) is 9.97 Å². The molecule has 140 valence electrons. The summed E-state index contributed by atoms with van der Waals surface area (Å²) in [6, 6.07) is 3.75. The molecule has 1 aromatic heterocycles. The van der Waals surface area contributed by atoms with Gasteiger partial charge in [0.15, 0.2) is 0 Å². The van der Waals surface area contributed by atoms with Crippen molar-refractivity contribution in [2.75, 3.05) is 18.7 Å². The Morgan fingerprint density at radius 3 is 2.38 bits per heavy atom. The molecule has 3 rings (SSSR count). The summed E-state index contributed by atoms with van der Waals surface area (Å²) in [5.41, 5.74) is 3.05. The normalized spacial score (nSPS) is 14.3. The van der Waals surface area contributed by atoms with Crippen LogP contribution in [-0.2, 0) is 17.8 Å². The second-order valence-corrected chi connectivity index (χ2v) is 6.33. The van der Waals surface area contributed by atoms with Crippen molar-refractivity contribution in [3.8, 4) is 5.75 Å². The predicted octanol–water partition coefficient (Wildman–Crippen LogP) is 4.14. The average molecular weight is 367 g/mol. The lowest BCUT2D eigenvalue weighted by Crippen LogP contribution is -2.31. The van der Waals surface area contributed by atoms with Gasteiger partial charge in [0.25, 0.3) is 0 Å². The Kier molecular flexibility index (Phi) is 4.79. The molecule has 0 saturated heterocycles. The van der Waals surface area contributed by atoms with Gasteiger partial charge in [0.2, 0.25) is 0 Å². The predicted molar refractivity (Wildman–Crippen MR) is 90.8 cm³/mol. The van der Waals surface area contributed by atoms with Crippen LogP contribution in [0.15, 0.2) is 12.1 Å². The maximum atomic E-state index is 12.9. The molecule has 0 atom stereocenters. The fourth-order valence-corrected chi connectivity index (χ4v) is 3.28. The number of fused-ring (bicyclic) bond motifs is 1. The molecule has 0 bridgehead atoms. The quantitative estimate of drug-likeness (QED) is 0.816. The third-order valence-electron chi connectivity index (χ3n) is 4.24. The number of halogens is 3. The van der Waals surface area contributed by atoms with Crippen LogP contribution in [0, 0.1) is 20.8 Å². The van der Waals surface area contributed by atoms with Gasteiger partial charge in [-0.15, -0.1) is 0 Å². The monoisotopic (exact) mass is 367 g/mol. The number of hydrogen-bond acceptors (Lipinski definition) is 5. The number of methoxy groups -OCH3 is 1. The van der Waals surface area contributed by atoms with E-state index >= 15 is 0 Å². The fraction of sp³-hybridized carbons (Fsp3) is 0.444. The standard InChI is InChI=1S/C18H20F3N3O2/c1-10-5-13(25-4)6-11(2)16(10)24-9-26-8-14-15(7-18(19,20)21)22-12(3)23-17(14)24/h5-6H,7-9H2,1-4H3. The summed E-state index contributed by atoms with van der Waals surface area (Å²) in [6.07, 6.45) is -5.45. The first-order valence-corrected chi connectivity index (χ1v) is 8.13. The van der Waals surface area contributed by atoms with Gasteiger partial charge >= 0.3 is 6.18 Å². The Balaban J connectivity index is 2.13.